The number of rotatable bonds is 9. The van der Waals surface area contributed by atoms with Gasteiger partial charge in [0.2, 0.25) is 0 Å². The van der Waals surface area contributed by atoms with Gasteiger partial charge in [0.25, 0.3) is 0 Å². The minimum atomic E-state index is -0.139. The molecule has 10 aromatic rings. The highest BCUT2D eigenvalue weighted by Crippen LogP contribution is 2.55. The van der Waals surface area contributed by atoms with Crippen molar-refractivity contribution in [3.8, 4) is 50.5 Å². The number of aromatic nitrogens is 4. The first-order chi connectivity index (χ1) is 38.9. The Morgan fingerprint density at radius 2 is 1.06 bits per heavy atom. The number of hydrogen-bond donors (Lipinski definition) is 0. The van der Waals surface area contributed by atoms with Crippen LogP contribution in [-0.2, 0) is 5.41 Å². The van der Waals surface area contributed by atoms with Crippen LogP contribution in [0, 0.1) is 17.8 Å². The van der Waals surface area contributed by atoms with Crippen LogP contribution >= 0.6 is 0 Å². The van der Waals surface area contributed by atoms with E-state index in [4.69, 9.17) is 15.0 Å². The lowest BCUT2D eigenvalue weighted by molar-refractivity contribution is 0.0718. The molecule has 0 amide bonds. The van der Waals surface area contributed by atoms with E-state index in [0.717, 1.165) is 71.0 Å². The van der Waals surface area contributed by atoms with E-state index in [9.17, 15) is 0 Å². The maximum atomic E-state index is 5.86. The van der Waals surface area contributed by atoms with E-state index in [0.29, 0.717) is 17.8 Å². The van der Waals surface area contributed by atoms with Crippen LogP contribution in [0.15, 0.2) is 237 Å². The van der Waals surface area contributed by atoms with E-state index in [-0.39, 0.29) is 23.4 Å². The summed E-state index contributed by atoms with van der Waals surface area (Å²) in [4.78, 5) is 20.2. The van der Waals surface area contributed by atoms with Crippen molar-refractivity contribution in [2.75, 3.05) is 4.90 Å². The number of benzene rings is 8. The number of hydrogen-bond acceptors (Lipinski definition) is 4. The van der Waals surface area contributed by atoms with Crippen LogP contribution in [0.2, 0.25) is 0 Å². The quantitative estimate of drug-likeness (QED) is 0.145. The van der Waals surface area contributed by atoms with Crippen LogP contribution in [0.3, 0.4) is 0 Å². The third-order valence-electron chi connectivity index (χ3n) is 18.2. The van der Waals surface area contributed by atoms with E-state index >= 15 is 0 Å². The van der Waals surface area contributed by atoms with Gasteiger partial charge in [-0.25, -0.2) is 15.0 Å². The summed E-state index contributed by atoms with van der Waals surface area (Å²) in [6.45, 7) is 4.93. The maximum absolute atomic E-state index is 5.86. The highest BCUT2D eigenvalue weighted by Gasteiger charge is 2.48. The molecule has 5 unspecified atom stereocenters. The molecule has 0 spiro atoms. The molecule has 384 valence electrons. The molecule has 4 aliphatic carbocycles. The van der Waals surface area contributed by atoms with Crippen molar-refractivity contribution in [1.82, 2.24) is 19.5 Å². The van der Waals surface area contributed by atoms with E-state index in [1.807, 2.05) is 0 Å². The molecule has 0 saturated heterocycles. The first-order valence-electron chi connectivity index (χ1n) is 28.8. The Morgan fingerprint density at radius 1 is 0.506 bits per heavy atom. The predicted molar refractivity (Wildman–Crippen MR) is 327 cm³/mol. The summed E-state index contributed by atoms with van der Waals surface area (Å²) in [6.07, 6.45) is 21.0. The first kappa shape index (κ1) is 47.5. The molecular formula is C74H63N5. The van der Waals surface area contributed by atoms with Gasteiger partial charge < -0.3 is 9.47 Å². The van der Waals surface area contributed by atoms with Gasteiger partial charge in [-0.15, -0.1) is 0 Å². The molecule has 5 heteroatoms. The number of nitrogens with zero attached hydrogens (tertiary/aromatic N) is 5. The molecular weight excluding hydrogens is 959 g/mol. The Balaban J connectivity index is 0.911. The Bertz CT molecular complexity index is 3980. The van der Waals surface area contributed by atoms with E-state index < -0.39 is 0 Å². The van der Waals surface area contributed by atoms with Crippen molar-refractivity contribution in [2.45, 2.75) is 75.8 Å². The lowest BCUT2D eigenvalue weighted by Crippen LogP contribution is -2.44. The molecule has 2 saturated carbocycles. The van der Waals surface area contributed by atoms with Crippen molar-refractivity contribution >= 4 is 38.6 Å². The van der Waals surface area contributed by atoms with Crippen molar-refractivity contribution in [3.05, 3.63) is 259 Å². The minimum absolute atomic E-state index is 0.0215. The molecule has 5 aliphatic rings. The molecule has 7 atom stereocenters. The average Bonchev–Trinajstić information content (AvgIpc) is 4.06. The zero-order valence-electron chi connectivity index (χ0n) is 45.0. The Labute approximate surface area is 464 Å². The van der Waals surface area contributed by atoms with Crippen LogP contribution < -0.4 is 4.90 Å². The Morgan fingerprint density at radius 3 is 1.70 bits per heavy atom. The third kappa shape index (κ3) is 8.32. The summed E-state index contributed by atoms with van der Waals surface area (Å²) in [6, 6.07) is 73.3. The summed E-state index contributed by atoms with van der Waals surface area (Å²) >= 11 is 0. The predicted octanol–water partition coefficient (Wildman–Crippen LogP) is 18.1. The molecule has 2 aromatic heterocycles. The highest BCUT2D eigenvalue weighted by atomic mass is 15.2. The van der Waals surface area contributed by atoms with Gasteiger partial charge in [0, 0.05) is 38.9 Å². The van der Waals surface area contributed by atoms with Gasteiger partial charge in [-0.2, -0.15) is 0 Å². The van der Waals surface area contributed by atoms with Gasteiger partial charge in [0.1, 0.15) is 5.82 Å². The topological polar surface area (TPSA) is 46.8 Å². The van der Waals surface area contributed by atoms with Gasteiger partial charge in [-0.05, 0) is 155 Å². The molecule has 2 bridgehead atoms. The molecule has 0 radical (unpaired) electrons. The van der Waals surface area contributed by atoms with Crippen molar-refractivity contribution in [2.24, 2.45) is 17.8 Å². The van der Waals surface area contributed by atoms with Crippen LogP contribution in [0.1, 0.15) is 81.1 Å². The number of allylic oxidation sites excluding steroid dienone is 4. The molecule has 15 rings (SSSR count). The van der Waals surface area contributed by atoms with E-state index in [2.05, 4.69) is 260 Å². The van der Waals surface area contributed by atoms with Crippen LogP contribution in [0.25, 0.3) is 83.4 Å². The summed E-state index contributed by atoms with van der Waals surface area (Å²) in [7, 11) is 0. The largest absolute Gasteiger partial charge is 0.356 e. The maximum Gasteiger partial charge on any atom is 0.165 e. The SMILES string of the molecule is C[C@@H]1CC2C[C@H](C)CC(c3nc(C4=CC=CCC4N4c5ccc(-c6ccccc6)cc5C5C=C(c6ccccc6)C=CC54)nc(-c4ccccc4-n4c5ccc(-c6ccccc6)cc5c5cc(-c6ccccc6)ccc54)n3)(C2)C1. The van der Waals surface area contributed by atoms with Crippen molar-refractivity contribution in [3.63, 3.8) is 0 Å². The lowest BCUT2D eigenvalue weighted by Gasteiger charge is -2.49. The number of para-hydroxylation sites is 1. The summed E-state index contributed by atoms with van der Waals surface area (Å²) in [5, 5.41) is 2.42. The molecule has 2 fully saturated rings. The van der Waals surface area contributed by atoms with Crippen molar-refractivity contribution in [1.29, 1.82) is 0 Å². The minimum Gasteiger partial charge on any atom is -0.356 e. The van der Waals surface area contributed by atoms with E-state index in [1.54, 1.807) is 0 Å². The zero-order valence-corrected chi connectivity index (χ0v) is 45.0. The fraction of sp³-hybridized carbons (Fsp3) is 0.203. The molecule has 8 aromatic carbocycles. The second kappa shape index (κ2) is 19.4. The fourth-order valence-corrected chi connectivity index (χ4v) is 15.1. The molecule has 3 heterocycles. The van der Waals surface area contributed by atoms with Crippen LogP contribution in [0.4, 0.5) is 5.69 Å². The third-order valence-corrected chi connectivity index (χ3v) is 18.2. The second-order valence-corrected chi connectivity index (χ2v) is 23.5. The summed E-state index contributed by atoms with van der Waals surface area (Å²) in [5.74, 6) is 4.52. The van der Waals surface area contributed by atoms with Crippen LogP contribution in [-0.4, -0.2) is 31.6 Å². The van der Waals surface area contributed by atoms with Crippen LogP contribution in [0.5, 0.6) is 0 Å². The van der Waals surface area contributed by atoms with Gasteiger partial charge in [0.15, 0.2) is 11.6 Å². The molecule has 1 aliphatic heterocycles. The van der Waals surface area contributed by atoms with Gasteiger partial charge >= 0.3 is 0 Å². The van der Waals surface area contributed by atoms with Gasteiger partial charge in [0.05, 0.1) is 28.8 Å². The number of anilines is 1. The monoisotopic (exact) mass is 1020 g/mol. The fourth-order valence-electron chi connectivity index (χ4n) is 15.1. The summed E-state index contributed by atoms with van der Waals surface area (Å²) < 4.78 is 2.47. The Hall–Kier alpha value is -8.67. The normalized spacial score (nSPS) is 23.1. The Kier molecular flexibility index (Phi) is 11.6. The first-order valence-corrected chi connectivity index (χ1v) is 28.8. The molecule has 5 nitrogen and oxygen atoms in total. The van der Waals surface area contributed by atoms with Gasteiger partial charge in [-0.3, -0.25) is 0 Å². The van der Waals surface area contributed by atoms with E-state index in [1.165, 1.54) is 79.4 Å². The molecule has 0 N–H and O–H groups in total. The zero-order chi connectivity index (χ0) is 52.6. The smallest absolute Gasteiger partial charge is 0.165 e. The lowest BCUT2D eigenvalue weighted by atomic mass is 9.56. The summed E-state index contributed by atoms with van der Waals surface area (Å²) in [5.41, 5.74) is 17.8. The highest BCUT2D eigenvalue weighted by molar-refractivity contribution is 6.12. The average molecular weight is 1020 g/mol. The number of fused-ring (bicyclic) bond motifs is 8. The standard InChI is InChI=1S/C74H63N5/c1-48-39-50-40-49(2)46-74(45-48,47-50)73-76-71(59-27-15-17-29-65(59)78-67-35-31-55(51-19-7-3-8-20-51)41-61(67)62-42-56(32-36-68(62)78)52-21-9-4-10-22-52)75-72(77-73)60-28-16-18-30-66(60)79-69-37-33-57(53-23-11-5-12-24-53)43-63(69)64-44-58(34-38-70(64)79)54-25-13-6-14-26-54/h3-29,31-38,41-44,48-50,63,66,69H,30,39-40,45-47H2,1-2H3/t48-,49+,50?,63?,66?,69?,74?. The molecule has 79 heavy (non-hydrogen) atoms. The van der Waals surface area contributed by atoms with Crippen molar-refractivity contribution < 1.29 is 0 Å². The van der Waals surface area contributed by atoms with Gasteiger partial charge in [-0.1, -0.05) is 202 Å². The second-order valence-electron chi connectivity index (χ2n) is 23.5.